The lowest BCUT2D eigenvalue weighted by atomic mass is 9.87. The minimum absolute atomic E-state index is 0.0171. The normalized spacial score (nSPS) is 25.7. The van der Waals surface area contributed by atoms with Crippen molar-refractivity contribution in [1.82, 2.24) is 10.6 Å². The number of ether oxygens (including phenoxy) is 3. The monoisotopic (exact) mass is 778 g/mol. The summed E-state index contributed by atoms with van der Waals surface area (Å²) in [5.74, 6) is -3.69. The average Bonchev–Trinajstić information content (AvgIpc) is 3.11. The summed E-state index contributed by atoms with van der Waals surface area (Å²) in [5, 5.41) is 5.08. The van der Waals surface area contributed by atoms with Gasteiger partial charge in [-0.2, -0.15) is 0 Å². The highest BCUT2D eigenvalue weighted by Crippen LogP contribution is 2.58. The fourth-order valence-corrected chi connectivity index (χ4v) is 7.80. The van der Waals surface area contributed by atoms with E-state index in [1.54, 1.807) is 45.0 Å². The zero-order valence-corrected chi connectivity index (χ0v) is 31.9. The zero-order chi connectivity index (χ0) is 38.6. The second kappa shape index (κ2) is 19.2. The molecule has 0 aromatic heterocycles. The standard InChI is InChI=1S/C32H48N2O16P2/c1-22-18-45-51(40,49-26(22)28(37)33-14-12-24(35)42-6)48-21-32(4,5)30(39)44-17-16-43-25(36)13-15-34-29(38)27-31(2,3)20-47-52(41,50-27)46-19-23-10-8-7-9-11-23/h7-11,22,26-27H,12-21H2,1-6H3,(H,33,37)(H,34,38)/t22?,26-,27+,51-,52+/m1/s1. The van der Waals surface area contributed by atoms with E-state index in [-0.39, 0.29) is 59.0 Å². The molecule has 52 heavy (non-hydrogen) atoms. The second-order valence-corrected chi connectivity index (χ2v) is 16.6. The minimum atomic E-state index is -4.25. The van der Waals surface area contributed by atoms with Crippen LogP contribution in [0.2, 0.25) is 0 Å². The molecule has 0 bridgehead atoms. The molecule has 0 radical (unpaired) electrons. The van der Waals surface area contributed by atoms with Gasteiger partial charge in [0.1, 0.15) is 13.2 Å². The lowest BCUT2D eigenvalue weighted by Crippen LogP contribution is -2.50. The smallest absolute Gasteiger partial charge is 0.469 e. The molecule has 2 fully saturated rings. The van der Waals surface area contributed by atoms with E-state index < -0.39 is 80.9 Å². The van der Waals surface area contributed by atoms with Crippen LogP contribution in [0.5, 0.6) is 0 Å². The molecule has 0 spiro atoms. The Bertz CT molecular complexity index is 1500. The maximum atomic E-state index is 13.1. The van der Waals surface area contributed by atoms with Crippen LogP contribution in [0.15, 0.2) is 30.3 Å². The van der Waals surface area contributed by atoms with Crippen molar-refractivity contribution in [1.29, 1.82) is 0 Å². The van der Waals surface area contributed by atoms with Crippen molar-refractivity contribution in [2.24, 2.45) is 16.7 Å². The molecule has 3 rings (SSSR count). The van der Waals surface area contributed by atoms with Crippen LogP contribution in [0.4, 0.5) is 0 Å². The molecule has 2 aliphatic heterocycles. The molecule has 5 atom stereocenters. The molecule has 2 heterocycles. The molecule has 2 amide bonds. The Hall–Kier alpha value is -3.21. The highest BCUT2D eigenvalue weighted by atomic mass is 31.2. The first-order valence-electron chi connectivity index (χ1n) is 16.5. The predicted octanol–water partition coefficient (Wildman–Crippen LogP) is 3.23. The molecule has 0 saturated carbocycles. The van der Waals surface area contributed by atoms with Gasteiger partial charge in [0.15, 0.2) is 12.2 Å². The maximum absolute atomic E-state index is 13.1. The van der Waals surface area contributed by atoms with Crippen LogP contribution >= 0.6 is 15.6 Å². The number of hydrogen-bond donors (Lipinski definition) is 2. The topological polar surface area (TPSA) is 227 Å². The summed E-state index contributed by atoms with van der Waals surface area (Å²) in [6.45, 7) is 6.53. The Balaban J connectivity index is 1.35. The van der Waals surface area contributed by atoms with Gasteiger partial charge in [-0.15, -0.1) is 0 Å². The molecular weight excluding hydrogens is 730 g/mol. The number of carbonyl (C=O) groups excluding carboxylic acids is 5. The van der Waals surface area contributed by atoms with Gasteiger partial charge >= 0.3 is 33.6 Å². The lowest BCUT2D eigenvalue weighted by Gasteiger charge is -2.39. The third kappa shape index (κ3) is 13.3. The van der Waals surface area contributed by atoms with Gasteiger partial charge in [-0.05, 0) is 19.4 Å². The number of benzene rings is 1. The molecule has 292 valence electrons. The number of esters is 3. The quantitative estimate of drug-likeness (QED) is 0.0944. The first-order valence-corrected chi connectivity index (χ1v) is 19.4. The number of rotatable bonds is 18. The third-order valence-corrected chi connectivity index (χ3v) is 10.5. The van der Waals surface area contributed by atoms with Crippen molar-refractivity contribution in [3.05, 3.63) is 35.9 Å². The number of methoxy groups -OCH3 is 1. The van der Waals surface area contributed by atoms with Crippen molar-refractivity contribution in [2.45, 2.75) is 66.3 Å². The number of nitrogens with one attached hydrogen (secondary N) is 2. The van der Waals surface area contributed by atoms with Gasteiger partial charge in [0.2, 0.25) is 11.8 Å². The number of carbonyl (C=O) groups is 5. The summed E-state index contributed by atoms with van der Waals surface area (Å²) in [7, 11) is -7.07. The van der Waals surface area contributed by atoms with E-state index in [0.717, 1.165) is 5.56 Å². The van der Waals surface area contributed by atoms with Crippen LogP contribution in [0.25, 0.3) is 0 Å². The zero-order valence-electron chi connectivity index (χ0n) is 30.1. The van der Waals surface area contributed by atoms with Crippen molar-refractivity contribution in [2.75, 3.05) is 53.2 Å². The summed E-state index contributed by atoms with van der Waals surface area (Å²) < 4.78 is 73.2. The SMILES string of the molecule is COC(=O)CCNC(=O)[C@@H]1O[P@@](=O)(OCC(C)(C)C(=O)OCCOC(=O)CCNC(=O)[C@@H]2O[P@@](=O)(OCc3ccccc3)OCC2(C)C)OCC1C. The molecule has 18 nitrogen and oxygen atoms in total. The fourth-order valence-electron chi connectivity index (χ4n) is 4.49. The summed E-state index contributed by atoms with van der Waals surface area (Å²) in [5.41, 5.74) is -1.46. The Morgan fingerprint density at radius 1 is 0.865 bits per heavy atom. The van der Waals surface area contributed by atoms with E-state index in [1.807, 2.05) is 6.07 Å². The molecule has 1 aromatic rings. The third-order valence-electron chi connectivity index (χ3n) is 7.72. The summed E-state index contributed by atoms with van der Waals surface area (Å²) in [4.78, 5) is 61.7. The predicted molar refractivity (Wildman–Crippen MR) is 180 cm³/mol. The van der Waals surface area contributed by atoms with E-state index in [4.69, 9.17) is 36.6 Å². The van der Waals surface area contributed by atoms with E-state index >= 15 is 0 Å². The van der Waals surface area contributed by atoms with Crippen LogP contribution in [0.1, 0.15) is 53.0 Å². The van der Waals surface area contributed by atoms with E-state index in [9.17, 15) is 33.1 Å². The van der Waals surface area contributed by atoms with Gasteiger partial charge in [-0.3, -0.25) is 51.1 Å². The Kier molecular flexibility index (Phi) is 16.0. The molecule has 2 saturated heterocycles. The van der Waals surface area contributed by atoms with Gasteiger partial charge in [0, 0.05) is 24.4 Å². The average molecular weight is 779 g/mol. The molecule has 2 aliphatic rings. The molecular formula is C32H48N2O16P2. The lowest BCUT2D eigenvalue weighted by molar-refractivity contribution is -0.161. The molecule has 1 unspecified atom stereocenters. The fraction of sp³-hybridized carbons (Fsp3) is 0.656. The van der Waals surface area contributed by atoms with E-state index in [1.165, 1.54) is 21.0 Å². The first-order chi connectivity index (χ1) is 24.4. The molecule has 20 heteroatoms. The number of hydrogen-bond acceptors (Lipinski definition) is 16. The molecule has 0 aliphatic carbocycles. The van der Waals surface area contributed by atoms with Crippen LogP contribution in [-0.4, -0.2) is 95.2 Å². The van der Waals surface area contributed by atoms with Crippen LogP contribution < -0.4 is 10.6 Å². The van der Waals surface area contributed by atoms with Gasteiger partial charge in [-0.1, -0.05) is 51.1 Å². The maximum Gasteiger partial charge on any atom is 0.475 e. The Morgan fingerprint density at radius 3 is 2.15 bits per heavy atom. The van der Waals surface area contributed by atoms with Crippen LogP contribution in [0.3, 0.4) is 0 Å². The van der Waals surface area contributed by atoms with Crippen molar-refractivity contribution in [3.63, 3.8) is 0 Å². The van der Waals surface area contributed by atoms with Crippen LogP contribution in [0, 0.1) is 16.7 Å². The summed E-state index contributed by atoms with van der Waals surface area (Å²) in [6.07, 6.45) is -2.66. The van der Waals surface area contributed by atoms with Gasteiger partial charge in [-0.25, -0.2) is 9.13 Å². The number of phosphoric acid groups is 2. The van der Waals surface area contributed by atoms with Crippen molar-refractivity contribution < 1.29 is 74.5 Å². The molecule has 2 N–H and O–H groups in total. The highest BCUT2D eigenvalue weighted by molar-refractivity contribution is 7.48. The van der Waals surface area contributed by atoms with Crippen LogP contribution in [-0.2, 0) is 81.1 Å². The minimum Gasteiger partial charge on any atom is -0.469 e. The largest absolute Gasteiger partial charge is 0.475 e. The van der Waals surface area contributed by atoms with E-state index in [2.05, 4.69) is 15.4 Å². The highest BCUT2D eigenvalue weighted by Gasteiger charge is 2.49. The van der Waals surface area contributed by atoms with Crippen molar-refractivity contribution >= 4 is 45.4 Å². The summed E-state index contributed by atoms with van der Waals surface area (Å²) in [6, 6.07) is 8.97. The Labute approximate surface area is 302 Å². The van der Waals surface area contributed by atoms with Gasteiger partial charge in [0.25, 0.3) is 0 Å². The first kappa shape index (κ1) is 43.2. The molecule has 1 aromatic carbocycles. The van der Waals surface area contributed by atoms with Gasteiger partial charge in [0.05, 0.1) is 51.8 Å². The Morgan fingerprint density at radius 2 is 1.48 bits per heavy atom. The van der Waals surface area contributed by atoms with Gasteiger partial charge < -0.3 is 24.8 Å². The van der Waals surface area contributed by atoms with E-state index in [0.29, 0.717) is 0 Å². The number of phosphoric ester groups is 2. The second-order valence-electron chi connectivity index (χ2n) is 13.4. The summed E-state index contributed by atoms with van der Waals surface area (Å²) >= 11 is 0. The number of amides is 2. The van der Waals surface area contributed by atoms with Crippen molar-refractivity contribution in [3.8, 4) is 0 Å².